The van der Waals surface area contributed by atoms with Gasteiger partial charge < -0.3 is 5.73 Å². The maximum atomic E-state index is 12.9. The van der Waals surface area contributed by atoms with Crippen molar-refractivity contribution in [2.45, 2.75) is 0 Å². The molecular formula is C13H8F2N2. The number of anilines is 1. The largest absolute Gasteiger partial charge is 0.383 e. The lowest BCUT2D eigenvalue weighted by molar-refractivity contribution is 0.621. The fraction of sp³-hybridized carbons (Fsp3) is 0. The van der Waals surface area contributed by atoms with Crippen LogP contribution in [0.25, 0.3) is 0 Å². The third-order valence-corrected chi connectivity index (χ3v) is 2.07. The minimum Gasteiger partial charge on any atom is -0.383 e. The van der Waals surface area contributed by atoms with E-state index in [4.69, 9.17) is 5.73 Å². The summed E-state index contributed by atoms with van der Waals surface area (Å²) in [6.45, 7) is 0. The number of halogens is 2. The molecule has 2 nitrogen and oxygen atoms in total. The summed E-state index contributed by atoms with van der Waals surface area (Å²) in [6.07, 6.45) is 1.03. The van der Waals surface area contributed by atoms with Gasteiger partial charge in [-0.2, -0.15) is 0 Å². The molecule has 0 aliphatic rings. The maximum Gasteiger partial charge on any atom is 0.142 e. The van der Waals surface area contributed by atoms with E-state index in [9.17, 15) is 8.78 Å². The number of pyridine rings is 1. The number of rotatable bonds is 0. The van der Waals surface area contributed by atoms with E-state index in [1.807, 2.05) is 0 Å². The van der Waals surface area contributed by atoms with Gasteiger partial charge in [-0.3, -0.25) is 0 Å². The van der Waals surface area contributed by atoms with E-state index in [1.165, 1.54) is 30.3 Å². The van der Waals surface area contributed by atoms with Gasteiger partial charge in [0.05, 0.1) is 11.8 Å². The number of hydrogen-bond acceptors (Lipinski definition) is 2. The molecule has 0 saturated heterocycles. The van der Waals surface area contributed by atoms with Crippen LogP contribution in [0.1, 0.15) is 11.1 Å². The number of nitrogens with zero attached hydrogens (tertiary/aromatic N) is 1. The van der Waals surface area contributed by atoms with Gasteiger partial charge in [0.25, 0.3) is 0 Å². The first-order valence-corrected chi connectivity index (χ1v) is 4.84. The second kappa shape index (κ2) is 4.62. The molecule has 4 heteroatoms. The molecule has 1 aromatic heterocycles. The molecule has 0 aliphatic heterocycles. The highest BCUT2D eigenvalue weighted by molar-refractivity contribution is 5.53. The first-order chi connectivity index (χ1) is 8.15. The number of hydrogen-bond donors (Lipinski definition) is 1. The standard InChI is InChI=1S/C13H8F2N2/c14-11-5-2-9(3-6-11)1-4-10-7-12(15)8-17-13(10)16/h2-3,5-8H,(H2,16,17). The van der Waals surface area contributed by atoms with Crippen molar-refractivity contribution in [3.63, 3.8) is 0 Å². The van der Waals surface area contributed by atoms with Crippen LogP contribution in [0.4, 0.5) is 14.6 Å². The molecule has 0 amide bonds. The number of nitrogen functional groups attached to an aromatic ring is 1. The fourth-order valence-corrected chi connectivity index (χ4v) is 1.22. The second-order valence-electron chi connectivity index (χ2n) is 3.34. The second-order valence-corrected chi connectivity index (χ2v) is 3.34. The Balaban J connectivity index is 2.32. The Morgan fingerprint density at radius 2 is 1.71 bits per heavy atom. The smallest absolute Gasteiger partial charge is 0.142 e. The minimum atomic E-state index is -0.498. The first kappa shape index (κ1) is 11.1. The third-order valence-electron chi connectivity index (χ3n) is 2.07. The highest BCUT2D eigenvalue weighted by Gasteiger charge is 1.98. The van der Waals surface area contributed by atoms with E-state index in [0.29, 0.717) is 11.1 Å². The topological polar surface area (TPSA) is 38.9 Å². The molecule has 0 bridgehead atoms. The summed E-state index contributed by atoms with van der Waals surface area (Å²) in [5.74, 6) is 4.78. The van der Waals surface area contributed by atoms with Gasteiger partial charge in [0.15, 0.2) is 0 Å². The normalized spacial score (nSPS) is 9.53. The summed E-state index contributed by atoms with van der Waals surface area (Å²) in [4.78, 5) is 3.65. The lowest BCUT2D eigenvalue weighted by Crippen LogP contribution is -1.95. The summed E-state index contributed by atoms with van der Waals surface area (Å²) in [5, 5.41) is 0. The zero-order chi connectivity index (χ0) is 12.3. The Morgan fingerprint density at radius 1 is 1.00 bits per heavy atom. The van der Waals surface area contributed by atoms with Crippen LogP contribution in [0.15, 0.2) is 36.5 Å². The van der Waals surface area contributed by atoms with Gasteiger partial charge in [-0.1, -0.05) is 11.8 Å². The molecule has 0 radical (unpaired) electrons. The Bertz CT molecular complexity index is 595. The van der Waals surface area contributed by atoms with Crippen LogP contribution in [0.5, 0.6) is 0 Å². The Morgan fingerprint density at radius 3 is 2.41 bits per heavy atom. The average Bonchev–Trinajstić information content (AvgIpc) is 2.32. The van der Waals surface area contributed by atoms with Crippen molar-refractivity contribution >= 4 is 5.82 Å². The van der Waals surface area contributed by atoms with Crippen molar-refractivity contribution in [2.75, 3.05) is 5.73 Å². The van der Waals surface area contributed by atoms with Crippen LogP contribution >= 0.6 is 0 Å². The van der Waals surface area contributed by atoms with Crippen molar-refractivity contribution in [1.29, 1.82) is 0 Å². The van der Waals surface area contributed by atoms with Crippen LogP contribution in [0.3, 0.4) is 0 Å². The van der Waals surface area contributed by atoms with Gasteiger partial charge in [-0.25, -0.2) is 13.8 Å². The highest BCUT2D eigenvalue weighted by atomic mass is 19.1. The predicted octanol–water partition coefficient (Wildman–Crippen LogP) is 2.34. The van der Waals surface area contributed by atoms with Gasteiger partial charge in [0, 0.05) is 5.56 Å². The van der Waals surface area contributed by atoms with Crippen LogP contribution in [-0.4, -0.2) is 4.98 Å². The highest BCUT2D eigenvalue weighted by Crippen LogP contribution is 2.08. The number of nitrogens with two attached hydrogens (primary N) is 1. The molecule has 0 unspecified atom stereocenters. The SMILES string of the molecule is Nc1ncc(F)cc1C#Cc1ccc(F)cc1. The average molecular weight is 230 g/mol. The molecule has 17 heavy (non-hydrogen) atoms. The van der Waals surface area contributed by atoms with Crippen LogP contribution in [0, 0.1) is 23.5 Å². The molecule has 2 rings (SSSR count). The van der Waals surface area contributed by atoms with Crippen molar-refractivity contribution in [2.24, 2.45) is 0 Å². The van der Waals surface area contributed by atoms with E-state index in [1.54, 1.807) is 0 Å². The van der Waals surface area contributed by atoms with Gasteiger partial charge in [-0.15, -0.1) is 0 Å². The van der Waals surface area contributed by atoms with Gasteiger partial charge >= 0.3 is 0 Å². The molecule has 0 spiro atoms. The molecular weight excluding hydrogens is 222 g/mol. The van der Waals surface area contributed by atoms with Crippen molar-refractivity contribution < 1.29 is 8.78 Å². The van der Waals surface area contributed by atoms with Gasteiger partial charge in [0.1, 0.15) is 17.5 Å². The summed E-state index contributed by atoms with van der Waals surface area (Å²) >= 11 is 0. The van der Waals surface area contributed by atoms with Gasteiger partial charge in [-0.05, 0) is 30.3 Å². The third kappa shape index (κ3) is 2.79. The van der Waals surface area contributed by atoms with Crippen LogP contribution < -0.4 is 5.73 Å². The maximum absolute atomic E-state index is 12.9. The molecule has 2 N–H and O–H groups in total. The molecule has 1 aromatic carbocycles. The lowest BCUT2D eigenvalue weighted by Gasteiger charge is -1.96. The molecule has 84 valence electrons. The Hall–Kier alpha value is -2.41. The minimum absolute atomic E-state index is 0.168. The summed E-state index contributed by atoms with van der Waals surface area (Å²) in [7, 11) is 0. The van der Waals surface area contributed by atoms with Gasteiger partial charge in [0.2, 0.25) is 0 Å². The quantitative estimate of drug-likeness (QED) is 0.705. The van der Waals surface area contributed by atoms with E-state index in [-0.39, 0.29) is 11.6 Å². The summed E-state index contributed by atoms with van der Waals surface area (Å²) in [5.41, 5.74) is 6.47. The van der Waals surface area contributed by atoms with Crippen molar-refractivity contribution in [3.8, 4) is 11.8 Å². The first-order valence-electron chi connectivity index (χ1n) is 4.84. The molecule has 1 heterocycles. The Kier molecular flexibility index (Phi) is 3.01. The molecule has 0 fully saturated rings. The van der Waals surface area contributed by atoms with Crippen molar-refractivity contribution in [3.05, 3.63) is 59.3 Å². The van der Waals surface area contributed by atoms with E-state index in [0.717, 1.165) is 6.20 Å². The zero-order valence-electron chi connectivity index (χ0n) is 8.74. The molecule has 0 atom stereocenters. The van der Waals surface area contributed by atoms with Crippen LogP contribution in [-0.2, 0) is 0 Å². The molecule has 0 saturated carbocycles. The van der Waals surface area contributed by atoms with E-state index in [2.05, 4.69) is 16.8 Å². The number of aromatic nitrogens is 1. The van der Waals surface area contributed by atoms with E-state index < -0.39 is 5.82 Å². The fourth-order valence-electron chi connectivity index (χ4n) is 1.22. The molecule has 2 aromatic rings. The Labute approximate surface area is 97.1 Å². The monoisotopic (exact) mass is 230 g/mol. The summed E-state index contributed by atoms with van der Waals surface area (Å²) < 4.78 is 25.5. The van der Waals surface area contributed by atoms with Crippen LogP contribution in [0.2, 0.25) is 0 Å². The lowest BCUT2D eigenvalue weighted by atomic mass is 10.2. The molecule has 0 aliphatic carbocycles. The zero-order valence-corrected chi connectivity index (χ0v) is 8.74. The van der Waals surface area contributed by atoms with E-state index >= 15 is 0 Å². The predicted molar refractivity (Wildman–Crippen MR) is 61.0 cm³/mol. The number of benzene rings is 1. The summed E-state index contributed by atoms with van der Waals surface area (Å²) in [6, 6.07) is 6.88. The van der Waals surface area contributed by atoms with Crippen molar-refractivity contribution in [1.82, 2.24) is 4.98 Å².